The maximum Gasteiger partial charge on any atom is 0.251 e. The Morgan fingerprint density at radius 2 is 2.19 bits per heavy atom. The number of hydrogen-bond donors (Lipinski definition) is 2. The summed E-state index contributed by atoms with van der Waals surface area (Å²) in [6, 6.07) is 5.61. The van der Waals surface area contributed by atoms with E-state index in [1.165, 1.54) is 0 Å². The van der Waals surface area contributed by atoms with Gasteiger partial charge in [-0.3, -0.25) is 4.79 Å². The zero-order valence-corrected chi connectivity index (χ0v) is 13.7. The van der Waals surface area contributed by atoms with Crippen LogP contribution in [-0.2, 0) is 0 Å². The number of carbonyl (C=O) groups is 1. The number of rotatable bonds is 6. The zero-order chi connectivity index (χ0) is 15.7. The zero-order valence-electron chi connectivity index (χ0n) is 12.9. The Morgan fingerprint density at radius 1 is 1.43 bits per heavy atom. The molecule has 0 saturated heterocycles. The molecule has 0 heterocycles. The van der Waals surface area contributed by atoms with Gasteiger partial charge in [0.05, 0.1) is 6.61 Å². The monoisotopic (exact) mass is 305 g/mol. The third kappa shape index (κ3) is 6.70. The van der Waals surface area contributed by atoms with Gasteiger partial charge in [-0.1, -0.05) is 18.8 Å². The van der Waals surface area contributed by atoms with Gasteiger partial charge in [-0.15, -0.1) is 0 Å². The number of aliphatic hydroxyl groups is 1. The molecule has 0 radical (unpaired) electrons. The van der Waals surface area contributed by atoms with Crippen molar-refractivity contribution in [2.45, 2.75) is 20.3 Å². The number of hydrogen-bond acceptors (Lipinski definition) is 3. The minimum Gasteiger partial charge on any atom is -0.395 e. The van der Waals surface area contributed by atoms with E-state index in [1.807, 2.05) is 19.1 Å². The van der Waals surface area contributed by atoms with E-state index in [0.29, 0.717) is 24.4 Å². The number of carbonyl (C=O) groups excluding carboxylic acids is 1. The second kappa shape index (κ2) is 9.49. The SMILES string of the molecule is CSCC(C)CNC(=O)c1cc(C)cc(C#CCCO)c1. The third-order valence-electron chi connectivity index (χ3n) is 2.87. The molecule has 1 aromatic rings. The molecular weight excluding hydrogens is 282 g/mol. The minimum atomic E-state index is -0.0585. The van der Waals surface area contributed by atoms with E-state index < -0.39 is 0 Å². The van der Waals surface area contributed by atoms with E-state index in [4.69, 9.17) is 5.11 Å². The summed E-state index contributed by atoms with van der Waals surface area (Å²) >= 11 is 1.78. The lowest BCUT2D eigenvalue weighted by Gasteiger charge is -2.11. The molecule has 21 heavy (non-hydrogen) atoms. The van der Waals surface area contributed by atoms with E-state index in [1.54, 1.807) is 17.8 Å². The fraction of sp³-hybridized carbons (Fsp3) is 0.471. The molecule has 4 heteroatoms. The van der Waals surface area contributed by atoms with Crippen LogP contribution in [0.2, 0.25) is 0 Å². The van der Waals surface area contributed by atoms with Crippen LogP contribution in [-0.4, -0.2) is 36.2 Å². The first-order valence-electron chi connectivity index (χ1n) is 7.05. The summed E-state index contributed by atoms with van der Waals surface area (Å²) in [6.45, 7) is 4.81. The first-order valence-corrected chi connectivity index (χ1v) is 8.44. The Morgan fingerprint density at radius 3 is 2.86 bits per heavy atom. The van der Waals surface area contributed by atoms with Gasteiger partial charge in [0.25, 0.3) is 5.91 Å². The minimum absolute atomic E-state index is 0.0550. The molecule has 1 amide bonds. The Kier molecular flexibility index (Phi) is 7.96. The Balaban J connectivity index is 2.74. The van der Waals surface area contributed by atoms with Crippen LogP contribution in [0.5, 0.6) is 0 Å². The van der Waals surface area contributed by atoms with Crippen LogP contribution < -0.4 is 5.32 Å². The lowest BCUT2D eigenvalue weighted by molar-refractivity contribution is 0.0949. The van der Waals surface area contributed by atoms with Gasteiger partial charge in [-0.25, -0.2) is 0 Å². The number of thioether (sulfide) groups is 1. The second-order valence-electron chi connectivity index (χ2n) is 5.13. The van der Waals surface area contributed by atoms with Crippen molar-refractivity contribution >= 4 is 17.7 Å². The van der Waals surface area contributed by atoms with Gasteiger partial charge in [0.1, 0.15) is 0 Å². The van der Waals surface area contributed by atoms with Gasteiger partial charge >= 0.3 is 0 Å². The Hall–Kier alpha value is -1.44. The topological polar surface area (TPSA) is 49.3 Å². The summed E-state index contributed by atoms with van der Waals surface area (Å²) in [5, 5.41) is 11.7. The van der Waals surface area contributed by atoms with E-state index in [0.717, 1.165) is 16.9 Å². The molecule has 1 unspecified atom stereocenters. The summed E-state index contributed by atoms with van der Waals surface area (Å²) in [5.41, 5.74) is 2.46. The van der Waals surface area contributed by atoms with Crippen molar-refractivity contribution in [1.29, 1.82) is 0 Å². The number of amides is 1. The maximum absolute atomic E-state index is 12.2. The molecule has 1 atom stereocenters. The molecule has 1 rings (SSSR count). The van der Waals surface area contributed by atoms with E-state index in [9.17, 15) is 4.79 Å². The van der Waals surface area contributed by atoms with Crippen molar-refractivity contribution in [3.63, 3.8) is 0 Å². The molecule has 0 aliphatic carbocycles. The molecule has 0 fully saturated rings. The van der Waals surface area contributed by atoms with Crippen molar-refractivity contribution in [3.05, 3.63) is 34.9 Å². The quantitative estimate of drug-likeness (QED) is 0.794. The molecule has 0 aromatic heterocycles. The highest BCUT2D eigenvalue weighted by atomic mass is 32.2. The van der Waals surface area contributed by atoms with Gasteiger partial charge in [0.15, 0.2) is 0 Å². The first kappa shape index (κ1) is 17.6. The molecule has 3 nitrogen and oxygen atoms in total. The lowest BCUT2D eigenvalue weighted by Crippen LogP contribution is -2.29. The largest absolute Gasteiger partial charge is 0.395 e. The third-order valence-corrected chi connectivity index (χ3v) is 3.77. The van der Waals surface area contributed by atoms with Gasteiger partial charge in [0, 0.05) is 24.1 Å². The highest BCUT2D eigenvalue weighted by molar-refractivity contribution is 7.98. The molecule has 114 valence electrons. The smallest absolute Gasteiger partial charge is 0.251 e. The molecule has 1 aromatic carbocycles. The van der Waals surface area contributed by atoms with Gasteiger partial charge in [-0.05, 0) is 48.6 Å². The number of nitrogens with one attached hydrogen (secondary N) is 1. The highest BCUT2D eigenvalue weighted by Gasteiger charge is 2.09. The van der Waals surface area contributed by atoms with Gasteiger partial charge in [-0.2, -0.15) is 11.8 Å². The predicted octanol–water partition coefficient (Wildman–Crippen LogP) is 2.46. The summed E-state index contributed by atoms with van der Waals surface area (Å²) in [4.78, 5) is 12.2. The number of benzene rings is 1. The van der Waals surface area contributed by atoms with Crippen molar-refractivity contribution in [3.8, 4) is 11.8 Å². The Labute approximate surface area is 131 Å². The molecule has 0 saturated carbocycles. The summed E-state index contributed by atoms with van der Waals surface area (Å²) in [5.74, 6) is 7.28. The van der Waals surface area contributed by atoms with Gasteiger partial charge in [0.2, 0.25) is 0 Å². The lowest BCUT2D eigenvalue weighted by atomic mass is 10.1. The van der Waals surface area contributed by atoms with Crippen molar-refractivity contribution in [2.75, 3.05) is 25.2 Å². The second-order valence-corrected chi connectivity index (χ2v) is 6.04. The standard InChI is InChI=1S/C17H23NO2S/c1-13-8-15(6-4-5-7-19)10-16(9-13)17(20)18-11-14(2)12-21-3/h8-10,14,19H,5,7,11-12H2,1-3H3,(H,18,20). The number of aryl methyl sites for hydroxylation is 1. The maximum atomic E-state index is 12.2. The van der Waals surface area contributed by atoms with E-state index in [-0.39, 0.29) is 12.5 Å². The molecular formula is C17H23NO2S. The fourth-order valence-corrected chi connectivity index (χ4v) is 2.61. The average Bonchev–Trinajstić information content (AvgIpc) is 2.45. The van der Waals surface area contributed by atoms with Crippen LogP contribution in [0.25, 0.3) is 0 Å². The normalized spacial score (nSPS) is 11.4. The summed E-state index contributed by atoms with van der Waals surface area (Å²) in [6.07, 6.45) is 2.51. The number of aliphatic hydroxyl groups excluding tert-OH is 1. The van der Waals surface area contributed by atoms with Crippen LogP contribution >= 0.6 is 11.8 Å². The van der Waals surface area contributed by atoms with Crippen LogP contribution in [0.3, 0.4) is 0 Å². The molecule has 0 aliphatic heterocycles. The summed E-state index contributed by atoms with van der Waals surface area (Å²) in [7, 11) is 0. The fourth-order valence-electron chi connectivity index (χ4n) is 1.92. The van der Waals surface area contributed by atoms with E-state index >= 15 is 0 Å². The van der Waals surface area contributed by atoms with Crippen molar-refractivity contribution < 1.29 is 9.90 Å². The molecule has 2 N–H and O–H groups in total. The molecule has 0 bridgehead atoms. The Bertz CT molecular complexity index is 531. The first-order chi connectivity index (χ1) is 10.1. The van der Waals surface area contributed by atoms with Crippen LogP contribution in [0.15, 0.2) is 18.2 Å². The molecule has 0 aliphatic rings. The van der Waals surface area contributed by atoms with Gasteiger partial charge < -0.3 is 10.4 Å². The summed E-state index contributed by atoms with van der Waals surface area (Å²) < 4.78 is 0. The van der Waals surface area contributed by atoms with Crippen LogP contribution in [0.1, 0.15) is 34.8 Å². The van der Waals surface area contributed by atoms with Crippen molar-refractivity contribution in [2.24, 2.45) is 5.92 Å². The van der Waals surface area contributed by atoms with Crippen LogP contribution in [0.4, 0.5) is 0 Å². The van der Waals surface area contributed by atoms with E-state index in [2.05, 4.69) is 30.3 Å². The van der Waals surface area contributed by atoms with Crippen molar-refractivity contribution in [1.82, 2.24) is 5.32 Å². The molecule has 0 spiro atoms. The highest BCUT2D eigenvalue weighted by Crippen LogP contribution is 2.10. The van der Waals surface area contributed by atoms with Crippen LogP contribution in [0, 0.1) is 24.7 Å². The predicted molar refractivity (Wildman–Crippen MR) is 89.6 cm³/mol. The average molecular weight is 305 g/mol.